The zero-order valence-electron chi connectivity index (χ0n) is 13.2. The average molecular weight is 276 g/mol. The van der Waals surface area contributed by atoms with Crippen LogP contribution in [0.4, 0.5) is 0 Å². The molecule has 0 saturated carbocycles. The first kappa shape index (κ1) is 15.3. The SMILES string of the molecule is COc1ccc(C)cc1C(C)N1CCC(C)CC1CN. The highest BCUT2D eigenvalue weighted by Crippen LogP contribution is 2.35. The standard InChI is InChI=1S/C17H28N2O/c1-12-5-6-17(20-4)16(10-12)14(3)19-8-7-13(2)9-15(19)11-18/h5-6,10,13-15H,7-9,11,18H2,1-4H3. The molecule has 2 N–H and O–H groups in total. The van der Waals surface area contributed by atoms with Gasteiger partial charge in [0.2, 0.25) is 0 Å². The fourth-order valence-corrected chi connectivity index (χ4v) is 3.37. The van der Waals surface area contributed by atoms with Gasteiger partial charge in [-0.25, -0.2) is 0 Å². The van der Waals surface area contributed by atoms with E-state index >= 15 is 0 Å². The summed E-state index contributed by atoms with van der Waals surface area (Å²) in [5, 5.41) is 0. The molecule has 112 valence electrons. The van der Waals surface area contributed by atoms with E-state index in [4.69, 9.17) is 10.5 Å². The minimum Gasteiger partial charge on any atom is -0.496 e. The number of nitrogens with zero attached hydrogens (tertiary/aromatic N) is 1. The first-order valence-corrected chi connectivity index (χ1v) is 7.67. The molecule has 3 heteroatoms. The summed E-state index contributed by atoms with van der Waals surface area (Å²) < 4.78 is 5.54. The van der Waals surface area contributed by atoms with Crippen molar-refractivity contribution in [1.29, 1.82) is 0 Å². The zero-order valence-corrected chi connectivity index (χ0v) is 13.2. The van der Waals surface area contributed by atoms with Crippen LogP contribution >= 0.6 is 0 Å². The Balaban J connectivity index is 2.25. The topological polar surface area (TPSA) is 38.5 Å². The molecular weight excluding hydrogens is 248 g/mol. The second-order valence-corrected chi connectivity index (χ2v) is 6.18. The van der Waals surface area contributed by atoms with Crippen LogP contribution in [-0.4, -0.2) is 31.1 Å². The molecule has 0 aromatic heterocycles. The van der Waals surface area contributed by atoms with Gasteiger partial charge in [0.1, 0.15) is 5.75 Å². The quantitative estimate of drug-likeness (QED) is 0.918. The minimum atomic E-state index is 0.353. The highest BCUT2D eigenvalue weighted by Gasteiger charge is 2.30. The third kappa shape index (κ3) is 3.15. The van der Waals surface area contributed by atoms with Gasteiger partial charge in [-0.2, -0.15) is 0 Å². The number of hydrogen-bond donors (Lipinski definition) is 1. The number of methoxy groups -OCH3 is 1. The highest BCUT2D eigenvalue weighted by atomic mass is 16.5. The molecule has 1 aliphatic rings. The molecule has 1 saturated heterocycles. The normalized spacial score (nSPS) is 25.4. The van der Waals surface area contributed by atoms with Crippen molar-refractivity contribution in [3.8, 4) is 5.75 Å². The summed E-state index contributed by atoms with van der Waals surface area (Å²) in [6, 6.07) is 7.26. The van der Waals surface area contributed by atoms with Gasteiger partial charge >= 0.3 is 0 Å². The van der Waals surface area contributed by atoms with Crippen LogP contribution in [0, 0.1) is 12.8 Å². The summed E-state index contributed by atoms with van der Waals surface area (Å²) in [7, 11) is 1.75. The molecule has 2 rings (SSSR count). The lowest BCUT2D eigenvalue weighted by Crippen LogP contribution is -2.47. The molecule has 20 heavy (non-hydrogen) atoms. The van der Waals surface area contributed by atoms with E-state index in [9.17, 15) is 0 Å². The first-order chi connectivity index (χ1) is 9.56. The number of hydrogen-bond acceptors (Lipinski definition) is 3. The van der Waals surface area contributed by atoms with E-state index in [1.54, 1.807) is 7.11 Å². The van der Waals surface area contributed by atoms with Crippen LogP contribution in [0.3, 0.4) is 0 Å². The van der Waals surface area contributed by atoms with Crippen LogP contribution in [0.2, 0.25) is 0 Å². The lowest BCUT2D eigenvalue weighted by molar-refractivity contribution is 0.0822. The predicted molar refractivity (Wildman–Crippen MR) is 84.1 cm³/mol. The van der Waals surface area contributed by atoms with Gasteiger partial charge in [-0.1, -0.05) is 24.6 Å². The first-order valence-electron chi connectivity index (χ1n) is 7.67. The Hall–Kier alpha value is -1.06. The van der Waals surface area contributed by atoms with Crippen LogP contribution in [0.5, 0.6) is 5.75 Å². The third-order valence-electron chi connectivity index (χ3n) is 4.63. The average Bonchev–Trinajstić information content (AvgIpc) is 2.46. The van der Waals surface area contributed by atoms with Crippen molar-refractivity contribution in [3.05, 3.63) is 29.3 Å². The Bertz CT molecular complexity index is 447. The number of benzene rings is 1. The lowest BCUT2D eigenvalue weighted by Gasteiger charge is -2.42. The van der Waals surface area contributed by atoms with Crippen LogP contribution < -0.4 is 10.5 Å². The monoisotopic (exact) mass is 276 g/mol. The van der Waals surface area contributed by atoms with Crippen molar-refractivity contribution < 1.29 is 4.74 Å². The lowest BCUT2D eigenvalue weighted by atomic mass is 9.89. The van der Waals surface area contributed by atoms with Crippen molar-refractivity contribution in [2.75, 3.05) is 20.2 Å². The molecule has 0 amide bonds. The van der Waals surface area contributed by atoms with E-state index in [0.29, 0.717) is 12.1 Å². The molecule has 3 atom stereocenters. The van der Waals surface area contributed by atoms with E-state index in [-0.39, 0.29) is 0 Å². The summed E-state index contributed by atoms with van der Waals surface area (Å²) >= 11 is 0. The number of ether oxygens (including phenoxy) is 1. The maximum atomic E-state index is 6.00. The molecule has 1 heterocycles. The summed E-state index contributed by atoms with van der Waals surface area (Å²) in [5.74, 6) is 1.77. The molecule has 0 aliphatic carbocycles. The molecular formula is C17H28N2O. The van der Waals surface area contributed by atoms with Crippen LogP contribution in [-0.2, 0) is 0 Å². The maximum Gasteiger partial charge on any atom is 0.123 e. The van der Waals surface area contributed by atoms with Gasteiger partial charge in [-0.3, -0.25) is 4.90 Å². The Kier molecular flexibility index (Phi) is 5.06. The number of aryl methyl sites for hydroxylation is 1. The third-order valence-corrected chi connectivity index (χ3v) is 4.63. The highest BCUT2D eigenvalue weighted by molar-refractivity contribution is 5.39. The van der Waals surface area contributed by atoms with Crippen molar-refractivity contribution in [2.45, 2.75) is 45.7 Å². The summed E-state index contributed by atoms with van der Waals surface area (Å²) in [6.45, 7) is 8.60. The number of likely N-dealkylation sites (tertiary alicyclic amines) is 1. The largest absolute Gasteiger partial charge is 0.496 e. The van der Waals surface area contributed by atoms with Crippen molar-refractivity contribution in [2.24, 2.45) is 11.7 Å². The molecule has 1 aromatic rings. The Labute approximate surface area is 123 Å². The van der Waals surface area contributed by atoms with Crippen molar-refractivity contribution >= 4 is 0 Å². The van der Waals surface area contributed by atoms with E-state index in [2.05, 4.69) is 43.9 Å². The van der Waals surface area contributed by atoms with Gasteiger partial charge in [0.05, 0.1) is 7.11 Å². The Morgan fingerprint density at radius 3 is 2.85 bits per heavy atom. The van der Waals surface area contributed by atoms with Crippen LogP contribution in [0.1, 0.15) is 43.9 Å². The fraction of sp³-hybridized carbons (Fsp3) is 0.647. The molecule has 1 fully saturated rings. The molecule has 3 nitrogen and oxygen atoms in total. The van der Waals surface area contributed by atoms with Crippen LogP contribution in [0.25, 0.3) is 0 Å². The zero-order chi connectivity index (χ0) is 14.7. The van der Waals surface area contributed by atoms with Gasteiger partial charge in [-0.15, -0.1) is 0 Å². The minimum absolute atomic E-state index is 0.353. The smallest absolute Gasteiger partial charge is 0.123 e. The molecule has 0 bridgehead atoms. The van der Waals surface area contributed by atoms with Gasteiger partial charge in [0.25, 0.3) is 0 Å². The number of piperidine rings is 1. The fourth-order valence-electron chi connectivity index (χ4n) is 3.37. The summed E-state index contributed by atoms with van der Waals surface area (Å²) in [5.41, 5.74) is 8.56. The van der Waals surface area contributed by atoms with Crippen LogP contribution in [0.15, 0.2) is 18.2 Å². The van der Waals surface area contributed by atoms with E-state index in [0.717, 1.165) is 24.8 Å². The van der Waals surface area contributed by atoms with Crippen molar-refractivity contribution in [1.82, 2.24) is 4.90 Å². The van der Waals surface area contributed by atoms with E-state index < -0.39 is 0 Å². The van der Waals surface area contributed by atoms with Gasteiger partial charge in [0, 0.05) is 24.2 Å². The van der Waals surface area contributed by atoms with Gasteiger partial charge < -0.3 is 10.5 Å². The number of rotatable bonds is 4. The summed E-state index contributed by atoms with van der Waals surface area (Å²) in [4.78, 5) is 2.55. The Morgan fingerprint density at radius 2 is 2.20 bits per heavy atom. The molecule has 1 aromatic carbocycles. The summed E-state index contributed by atoms with van der Waals surface area (Å²) in [6.07, 6.45) is 2.46. The van der Waals surface area contributed by atoms with Gasteiger partial charge in [-0.05, 0) is 45.2 Å². The second-order valence-electron chi connectivity index (χ2n) is 6.18. The van der Waals surface area contributed by atoms with Crippen molar-refractivity contribution in [3.63, 3.8) is 0 Å². The van der Waals surface area contributed by atoms with E-state index in [1.165, 1.54) is 24.0 Å². The molecule has 0 radical (unpaired) electrons. The number of nitrogens with two attached hydrogens (primary N) is 1. The van der Waals surface area contributed by atoms with Gasteiger partial charge in [0.15, 0.2) is 0 Å². The van der Waals surface area contributed by atoms with E-state index in [1.807, 2.05) is 0 Å². The Morgan fingerprint density at radius 1 is 1.45 bits per heavy atom. The molecule has 3 unspecified atom stereocenters. The molecule has 0 spiro atoms. The molecule has 1 aliphatic heterocycles. The predicted octanol–water partition coefficient (Wildman–Crippen LogP) is 3.12. The second kappa shape index (κ2) is 6.59. The maximum absolute atomic E-state index is 6.00.